The zero-order valence-electron chi connectivity index (χ0n) is 11.9. The smallest absolute Gasteiger partial charge is 0.152 e. The summed E-state index contributed by atoms with van der Waals surface area (Å²) in [4.78, 5) is 2.34. The molecule has 102 valence electrons. The standard InChI is InChI=1S/C13H27NO2S/c1-6-12(2,3)11-13(4,5)14-7-9-17(15,16)10-8-14/h6-11H2,1-5H3. The maximum atomic E-state index is 11.4. The lowest BCUT2D eigenvalue weighted by Crippen LogP contribution is -2.53. The van der Waals surface area contributed by atoms with E-state index >= 15 is 0 Å². The van der Waals surface area contributed by atoms with Gasteiger partial charge in [-0.15, -0.1) is 0 Å². The van der Waals surface area contributed by atoms with E-state index in [1.165, 1.54) is 0 Å². The Morgan fingerprint density at radius 1 is 1.06 bits per heavy atom. The van der Waals surface area contributed by atoms with E-state index in [1.807, 2.05) is 0 Å². The van der Waals surface area contributed by atoms with Crippen molar-refractivity contribution in [2.45, 2.75) is 53.0 Å². The lowest BCUT2D eigenvalue weighted by atomic mass is 9.77. The molecule has 1 saturated heterocycles. The number of sulfone groups is 1. The van der Waals surface area contributed by atoms with Crippen molar-refractivity contribution in [2.75, 3.05) is 24.6 Å². The van der Waals surface area contributed by atoms with E-state index in [2.05, 4.69) is 39.5 Å². The van der Waals surface area contributed by atoms with Crippen LogP contribution in [0.4, 0.5) is 0 Å². The van der Waals surface area contributed by atoms with Gasteiger partial charge in [0.1, 0.15) is 0 Å². The van der Waals surface area contributed by atoms with Crippen LogP contribution in [0.2, 0.25) is 0 Å². The molecule has 0 amide bonds. The molecule has 0 aliphatic carbocycles. The Bertz CT molecular complexity index is 344. The second kappa shape index (κ2) is 4.88. The molecular weight excluding hydrogens is 234 g/mol. The van der Waals surface area contributed by atoms with E-state index in [0.29, 0.717) is 30.0 Å². The van der Waals surface area contributed by atoms with Crippen molar-refractivity contribution in [3.8, 4) is 0 Å². The number of hydrogen-bond donors (Lipinski definition) is 0. The van der Waals surface area contributed by atoms with Crippen molar-refractivity contribution in [2.24, 2.45) is 5.41 Å². The minimum Gasteiger partial charge on any atom is -0.296 e. The highest BCUT2D eigenvalue weighted by atomic mass is 32.2. The Morgan fingerprint density at radius 2 is 1.53 bits per heavy atom. The van der Waals surface area contributed by atoms with Gasteiger partial charge in [0, 0.05) is 18.6 Å². The normalized spacial score (nSPS) is 22.6. The molecule has 0 aromatic heterocycles. The fourth-order valence-electron chi connectivity index (χ4n) is 2.73. The Hall–Kier alpha value is -0.0900. The van der Waals surface area contributed by atoms with E-state index in [1.54, 1.807) is 0 Å². The lowest BCUT2D eigenvalue weighted by molar-refractivity contribution is 0.0782. The molecule has 3 nitrogen and oxygen atoms in total. The van der Waals surface area contributed by atoms with Crippen molar-refractivity contribution in [1.82, 2.24) is 4.90 Å². The van der Waals surface area contributed by atoms with Crippen molar-refractivity contribution >= 4 is 9.84 Å². The first-order valence-electron chi connectivity index (χ1n) is 6.53. The topological polar surface area (TPSA) is 37.4 Å². The van der Waals surface area contributed by atoms with Gasteiger partial charge in [-0.05, 0) is 25.7 Å². The molecule has 1 aliphatic rings. The van der Waals surface area contributed by atoms with Gasteiger partial charge in [-0.25, -0.2) is 8.42 Å². The quantitative estimate of drug-likeness (QED) is 0.779. The fraction of sp³-hybridized carbons (Fsp3) is 1.00. The van der Waals surface area contributed by atoms with Gasteiger partial charge < -0.3 is 0 Å². The summed E-state index contributed by atoms with van der Waals surface area (Å²) in [6.45, 7) is 12.6. The molecular formula is C13H27NO2S. The van der Waals surface area contributed by atoms with Gasteiger partial charge in [0.2, 0.25) is 0 Å². The van der Waals surface area contributed by atoms with Crippen molar-refractivity contribution in [1.29, 1.82) is 0 Å². The summed E-state index contributed by atoms with van der Waals surface area (Å²) >= 11 is 0. The van der Waals surface area contributed by atoms with Crippen LogP contribution < -0.4 is 0 Å². The average Bonchev–Trinajstić information content (AvgIpc) is 2.15. The molecule has 0 unspecified atom stereocenters. The molecule has 1 aliphatic heterocycles. The Morgan fingerprint density at radius 3 is 1.94 bits per heavy atom. The minimum atomic E-state index is -2.77. The molecule has 0 bridgehead atoms. The summed E-state index contributed by atoms with van der Waals surface area (Å²) in [5.74, 6) is 0.645. The molecule has 0 aromatic carbocycles. The molecule has 0 spiro atoms. The van der Waals surface area contributed by atoms with Crippen LogP contribution in [-0.2, 0) is 9.84 Å². The van der Waals surface area contributed by atoms with Crippen LogP contribution in [-0.4, -0.2) is 43.5 Å². The first kappa shape index (κ1) is 15.0. The molecule has 1 rings (SSSR count). The predicted octanol–water partition coefficient (Wildman–Crippen LogP) is 2.32. The van der Waals surface area contributed by atoms with Gasteiger partial charge in [0.15, 0.2) is 9.84 Å². The Kier molecular flexibility index (Phi) is 4.30. The zero-order chi connectivity index (χ0) is 13.3. The molecule has 0 N–H and O–H groups in total. The van der Waals surface area contributed by atoms with E-state index in [4.69, 9.17) is 0 Å². The lowest BCUT2D eigenvalue weighted by Gasteiger charge is -2.44. The minimum absolute atomic E-state index is 0.0927. The van der Waals surface area contributed by atoms with Gasteiger partial charge >= 0.3 is 0 Å². The molecule has 0 radical (unpaired) electrons. The van der Waals surface area contributed by atoms with Crippen LogP contribution in [0, 0.1) is 5.41 Å². The largest absolute Gasteiger partial charge is 0.296 e. The number of nitrogens with zero attached hydrogens (tertiary/aromatic N) is 1. The second-order valence-corrected chi connectivity index (χ2v) is 8.95. The highest BCUT2D eigenvalue weighted by molar-refractivity contribution is 7.91. The monoisotopic (exact) mass is 261 g/mol. The fourth-order valence-corrected chi connectivity index (χ4v) is 3.93. The average molecular weight is 261 g/mol. The van der Waals surface area contributed by atoms with Crippen molar-refractivity contribution < 1.29 is 8.42 Å². The maximum absolute atomic E-state index is 11.4. The summed E-state index contributed by atoms with van der Waals surface area (Å²) in [7, 11) is -2.77. The summed E-state index contributed by atoms with van der Waals surface area (Å²) in [5, 5.41) is 0. The van der Waals surface area contributed by atoms with Gasteiger partial charge in [0.05, 0.1) is 11.5 Å². The zero-order valence-corrected chi connectivity index (χ0v) is 12.7. The highest BCUT2D eigenvalue weighted by Gasteiger charge is 2.35. The van der Waals surface area contributed by atoms with E-state index in [0.717, 1.165) is 12.8 Å². The van der Waals surface area contributed by atoms with Crippen LogP contribution in [0.25, 0.3) is 0 Å². The number of rotatable bonds is 4. The van der Waals surface area contributed by atoms with Crippen LogP contribution in [0.15, 0.2) is 0 Å². The van der Waals surface area contributed by atoms with Crippen molar-refractivity contribution in [3.63, 3.8) is 0 Å². The van der Waals surface area contributed by atoms with Crippen LogP contribution in [0.1, 0.15) is 47.5 Å². The second-order valence-electron chi connectivity index (χ2n) is 6.65. The van der Waals surface area contributed by atoms with E-state index in [9.17, 15) is 8.42 Å². The third kappa shape index (κ3) is 4.25. The maximum Gasteiger partial charge on any atom is 0.152 e. The molecule has 1 heterocycles. The molecule has 4 heteroatoms. The summed E-state index contributed by atoms with van der Waals surface area (Å²) in [6, 6.07) is 0. The van der Waals surface area contributed by atoms with Gasteiger partial charge in [0.25, 0.3) is 0 Å². The van der Waals surface area contributed by atoms with Crippen molar-refractivity contribution in [3.05, 3.63) is 0 Å². The first-order chi connectivity index (χ1) is 7.58. The van der Waals surface area contributed by atoms with Gasteiger partial charge in [-0.2, -0.15) is 0 Å². The third-order valence-electron chi connectivity index (χ3n) is 4.07. The predicted molar refractivity (Wildman–Crippen MR) is 73.0 cm³/mol. The molecule has 0 atom stereocenters. The number of hydrogen-bond acceptors (Lipinski definition) is 3. The first-order valence-corrected chi connectivity index (χ1v) is 8.36. The van der Waals surface area contributed by atoms with Crippen LogP contribution in [0.3, 0.4) is 0 Å². The van der Waals surface area contributed by atoms with Crippen LogP contribution in [0.5, 0.6) is 0 Å². The van der Waals surface area contributed by atoms with E-state index in [-0.39, 0.29) is 5.54 Å². The highest BCUT2D eigenvalue weighted by Crippen LogP contribution is 2.34. The van der Waals surface area contributed by atoms with Crippen LogP contribution >= 0.6 is 0 Å². The van der Waals surface area contributed by atoms with Gasteiger partial charge in [-0.3, -0.25) is 4.90 Å². The molecule has 0 saturated carbocycles. The SMILES string of the molecule is CCC(C)(C)CC(C)(C)N1CCS(=O)(=O)CC1. The Balaban J connectivity index is 2.66. The molecule has 1 fully saturated rings. The van der Waals surface area contributed by atoms with Gasteiger partial charge in [-0.1, -0.05) is 27.2 Å². The summed E-state index contributed by atoms with van der Waals surface area (Å²) in [6.07, 6.45) is 2.26. The third-order valence-corrected chi connectivity index (χ3v) is 5.68. The van der Waals surface area contributed by atoms with E-state index < -0.39 is 9.84 Å². The summed E-state index contributed by atoms with van der Waals surface area (Å²) in [5.41, 5.74) is 0.412. The molecule has 17 heavy (non-hydrogen) atoms. The summed E-state index contributed by atoms with van der Waals surface area (Å²) < 4.78 is 22.9. The Labute approximate surface area is 106 Å². The molecule has 0 aromatic rings.